The maximum Gasteiger partial charge on any atom is 0.142 e. The Morgan fingerprint density at radius 1 is 1.29 bits per heavy atom. The average molecular weight is 290 g/mol. The summed E-state index contributed by atoms with van der Waals surface area (Å²) in [5, 5.41) is 3.69. The van der Waals surface area contributed by atoms with Gasteiger partial charge in [0.1, 0.15) is 5.75 Å². The van der Waals surface area contributed by atoms with E-state index in [2.05, 4.69) is 56.1 Å². The minimum Gasteiger partial charge on any atom is -0.491 e. The quantitative estimate of drug-likeness (QED) is 0.854. The van der Waals surface area contributed by atoms with E-state index in [1.807, 2.05) is 0 Å². The Bertz CT molecular complexity index is 437. The van der Waals surface area contributed by atoms with Gasteiger partial charge in [0.2, 0.25) is 0 Å². The van der Waals surface area contributed by atoms with Crippen molar-refractivity contribution in [2.45, 2.75) is 59.0 Å². The first-order valence-corrected chi connectivity index (χ1v) is 8.34. The van der Waals surface area contributed by atoms with E-state index in [1.165, 1.54) is 31.5 Å². The van der Waals surface area contributed by atoms with Gasteiger partial charge < -0.3 is 15.0 Å². The van der Waals surface area contributed by atoms with Gasteiger partial charge in [-0.3, -0.25) is 0 Å². The third-order valence-electron chi connectivity index (χ3n) is 4.22. The van der Waals surface area contributed by atoms with E-state index in [9.17, 15) is 0 Å². The largest absolute Gasteiger partial charge is 0.491 e. The number of ether oxygens (including phenoxy) is 1. The van der Waals surface area contributed by atoms with Crippen molar-refractivity contribution in [3.63, 3.8) is 0 Å². The van der Waals surface area contributed by atoms with Gasteiger partial charge in [0, 0.05) is 25.2 Å². The van der Waals surface area contributed by atoms with E-state index in [4.69, 9.17) is 4.74 Å². The van der Waals surface area contributed by atoms with Gasteiger partial charge in [-0.1, -0.05) is 13.0 Å². The molecule has 1 fully saturated rings. The molecule has 3 heteroatoms. The van der Waals surface area contributed by atoms with Crippen molar-refractivity contribution in [1.82, 2.24) is 4.90 Å². The zero-order valence-corrected chi connectivity index (χ0v) is 14.0. The molecule has 0 aromatic heterocycles. The fourth-order valence-corrected chi connectivity index (χ4v) is 2.86. The molecule has 1 aromatic rings. The Morgan fingerprint density at radius 2 is 2.00 bits per heavy atom. The summed E-state index contributed by atoms with van der Waals surface area (Å²) in [6.45, 7) is 12.0. The Balaban J connectivity index is 1.96. The summed E-state index contributed by atoms with van der Waals surface area (Å²) in [6, 6.07) is 7.68. The highest BCUT2D eigenvalue weighted by Crippen LogP contribution is 2.28. The molecule has 1 heterocycles. The lowest BCUT2D eigenvalue weighted by molar-refractivity contribution is 0.177. The van der Waals surface area contributed by atoms with Crippen molar-refractivity contribution in [3.05, 3.63) is 23.8 Å². The van der Waals surface area contributed by atoms with E-state index in [0.29, 0.717) is 12.1 Å². The molecule has 0 bridgehead atoms. The molecule has 0 atom stereocenters. The zero-order valence-electron chi connectivity index (χ0n) is 14.0. The summed E-state index contributed by atoms with van der Waals surface area (Å²) in [7, 11) is 0. The predicted octanol–water partition coefficient (Wildman–Crippen LogP) is 4.07. The lowest BCUT2D eigenvalue weighted by Gasteiger charge is -2.35. The molecule has 0 aliphatic carbocycles. The molecule has 21 heavy (non-hydrogen) atoms. The molecule has 0 radical (unpaired) electrons. The summed E-state index contributed by atoms with van der Waals surface area (Å²) >= 11 is 0. The number of likely N-dealkylation sites (tertiary alicyclic amines) is 1. The van der Waals surface area contributed by atoms with Gasteiger partial charge in [0.25, 0.3) is 0 Å². The number of piperidine rings is 1. The SMILES string of the molecule is CCCOc1cc(C)ccc1NC1CCN(C(C)C)CC1. The fourth-order valence-electron chi connectivity index (χ4n) is 2.86. The summed E-state index contributed by atoms with van der Waals surface area (Å²) < 4.78 is 5.90. The molecule has 1 aromatic carbocycles. The van der Waals surface area contributed by atoms with Crippen LogP contribution in [0.25, 0.3) is 0 Å². The maximum absolute atomic E-state index is 5.90. The minimum atomic E-state index is 0.562. The van der Waals surface area contributed by atoms with Crippen molar-refractivity contribution in [2.75, 3.05) is 25.0 Å². The van der Waals surface area contributed by atoms with Crippen molar-refractivity contribution in [1.29, 1.82) is 0 Å². The monoisotopic (exact) mass is 290 g/mol. The van der Waals surface area contributed by atoms with E-state index >= 15 is 0 Å². The van der Waals surface area contributed by atoms with Gasteiger partial charge in [-0.15, -0.1) is 0 Å². The second-order valence-corrected chi connectivity index (χ2v) is 6.40. The second-order valence-electron chi connectivity index (χ2n) is 6.40. The molecule has 0 unspecified atom stereocenters. The average Bonchev–Trinajstić information content (AvgIpc) is 2.48. The van der Waals surface area contributed by atoms with Crippen LogP contribution in [0.5, 0.6) is 5.75 Å². The molecular formula is C18H30N2O. The van der Waals surface area contributed by atoms with Crippen LogP contribution in [-0.2, 0) is 0 Å². The summed E-state index contributed by atoms with van der Waals surface area (Å²) in [4.78, 5) is 2.56. The lowest BCUT2D eigenvalue weighted by atomic mass is 10.0. The molecule has 1 saturated heterocycles. The van der Waals surface area contributed by atoms with Crippen LogP contribution in [-0.4, -0.2) is 36.7 Å². The normalized spacial score (nSPS) is 17.2. The van der Waals surface area contributed by atoms with Gasteiger partial charge in [-0.25, -0.2) is 0 Å². The summed E-state index contributed by atoms with van der Waals surface area (Å²) in [5.41, 5.74) is 2.40. The lowest BCUT2D eigenvalue weighted by Crippen LogP contribution is -2.42. The van der Waals surface area contributed by atoms with Crippen molar-refractivity contribution >= 4 is 5.69 Å². The van der Waals surface area contributed by atoms with Crippen molar-refractivity contribution < 1.29 is 4.74 Å². The van der Waals surface area contributed by atoms with E-state index in [-0.39, 0.29) is 0 Å². The van der Waals surface area contributed by atoms with Gasteiger partial charge in [-0.05, 0) is 57.7 Å². The molecule has 1 N–H and O–H groups in total. The molecular weight excluding hydrogens is 260 g/mol. The highest BCUT2D eigenvalue weighted by atomic mass is 16.5. The van der Waals surface area contributed by atoms with E-state index < -0.39 is 0 Å². The topological polar surface area (TPSA) is 24.5 Å². The number of nitrogens with zero attached hydrogens (tertiary/aromatic N) is 1. The van der Waals surface area contributed by atoms with Crippen LogP contribution in [0.15, 0.2) is 18.2 Å². The molecule has 1 aliphatic heterocycles. The molecule has 3 nitrogen and oxygen atoms in total. The van der Waals surface area contributed by atoms with Crippen LogP contribution in [0.2, 0.25) is 0 Å². The van der Waals surface area contributed by atoms with Crippen LogP contribution in [0.3, 0.4) is 0 Å². The third kappa shape index (κ3) is 4.63. The Kier molecular flexibility index (Phi) is 5.92. The Morgan fingerprint density at radius 3 is 2.62 bits per heavy atom. The predicted molar refractivity (Wildman–Crippen MR) is 90.3 cm³/mol. The molecule has 0 spiro atoms. The van der Waals surface area contributed by atoms with Gasteiger partial charge in [-0.2, -0.15) is 0 Å². The number of aryl methyl sites for hydroxylation is 1. The molecule has 118 valence electrons. The summed E-state index contributed by atoms with van der Waals surface area (Å²) in [6.07, 6.45) is 3.46. The van der Waals surface area contributed by atoms with Crippen molar-refractivity contribution in [2.24, 2.45) is 0 Å². The highest BCUT2D eigenvalue weighted by molar-refractivity contribution is 5.58. The van der Waals surface area contributed by atoms with Crippen molar-refractivity contribution in [3.8, 4) is 5.75 Å². The number of hydrogen-bond acceptors (Lipinski definition) is 3. The van der Waals surface area contributed by atoms with Gasteiger partial charge >= 0.3 is 0 Å². The number of hydrogen-bond donors (Lipinski definition) is 1. The highest BCUT2D eigenvalue weighted by Gasteiger charge is 2.21. The first-order chi connectivity index (χ1) is 10.1. The van der Waals surface area contributed by atoms with Crippen LogP contribution >= 0.6 is 0 Å². The van der Waals surface area contributed by atoms with E-state index in [1.54, 1.807) is 0 Å². The zero-order chi connectivity index (χ0) is 15.2. The number of rotatable bonds is 6. The smallest absolute Gasteiger partial charge is 0.142 e. The molecule has 0 saturated carbocycles. The number of anilines is 1. The van der Waals surface area contributed by atoms with Crippen LogP contribution in [0.4, 0.5) is 5.69 Å². The maximum atomic E-state index is 5.90. The summed E-state index contributed by atoms with van der Waals surface area (Å²) in [5.74, 6) is 1.00. The van der Waals surface area contributed by atoms with Crippen LogP contribution in [0.1, 0.15) is 45.6 Å². The first-order valence-electron chi connectivity index (χ1n) is 8.34. The third-order valence-corrected chi connectivity index (χ3v) is 4.22. The Labute approximate surface area is 129 Å². The molecule has 0 amide bonds. The number of nitrogens with one attached hydrogen (secondary N) is 1. The second kappa shape index (κ2) is 7.69. The standard InChI is InChI=1S/C18H30N2O/c1-5-12-21-18-13-15(4)6-7-17(18)19-16-8-10-20(11-9-16)14(2)3/h6-7,13-14,16,19H,5,8-12H2,1-4H3. The van der Waals surface area contributed by atoms with E-state index in [0.717, 1.165) is 24.5 Å². The Hall–Kier alpha value is -1.22. The van der Waals surface area contributed by atoms with Crippen LogP contribution in [0, 0.1) is 6.92 Å². The molecule has 2 rings (SSSR count). The van der Waals surface area contributed by atoms with Gasteiger partial charge in [0.05, 0.1) is 12.3 Å². The fraction of sp³-hybridized carbons (Fsp3) is 0.667. The first kappa shape index (κ1) is 16.2. The minimum absolute atomic E-state index is 0.562. The number of benzene rings is 1. The molecule has 1 aliphatic rings. The van der Waals surface area contributed by atoms with Gasteiger partial charge in [0.15, 0.2) is 0 Å². The van der Waals surface area contributed by atoms with Crippen LogP contribution < -0.4 is 10.1 Å².